The molecule has 0 saturated carbocycles. The van der Waals surface area contributed by atoms with Crippen LogP contribution in [0.25, 0.3) is 21.8 Å². The molecule has 0 N–H and O–H groups in total. The molecule has 32 heavy (non-hydrogen) atoms. The van der Waals surface area contributed by atoms with Gasteiger partial charge in [-0.15, -0.1) is 11.6 Å². The van der Waals surface area contributed by atoms with Gasteiger partial charge in [0.25, 0.3) is 10.0 Å². The molecule has 2 aromatic heterocycles. The van der Waals surface area contributed by atoms with E-state index in [4.69, 9.17) is 21.1 Å². The fourth-order valence-corrected chi connectivity index (χ4v) is 5.53. The Bertz CT molecular complexity index is 1390. The summed E-state index contributed by atoms with van der Waals surface area (Å²) in [7, 11) is 0.980. The van der Waals surface area contributed by atoms with Crippen molar-refractivity contribution < 1.29 is 17.9 Å². The van der Waals surface area contributed by atoms with Crippen molar-refractivity contribution in [1.82, 2.24) is 9.55 Å². The van der Waals surface area contributed by atoms with Crippen LogP contribution in [0.1, 0.15) is 6.42 Å². The maximum atomic E-state index is 13.8. The molecule has 0 aliphatic rings. The van der Waals surface area contributed by atoms with Gasteiger partial charge in [0.05, 0.1) is 19.1 Å². The summed E-state index contributed by atoms with van der Waals surface area (Å²) in [6, 6.07) is 16.4. The Morgan fingerprint density at radius 3 is 2.47 bits per heavy atom. The van der Waals surface area contributed by atoms with E-state index in [0.717, 1.165) is 21.8 Å². The number of hydrogen-bond acceptors (Lipinski definition) is 5. The first-order chi connectivity index (χ1) is 15.4. The molecule has 0 radical (unpaired) electrons. The second-order valence-corrected chi connectivity index (χ2v) is 9.50. The SMILES string of the molecule is COc1ccc(N(CCCCl)S(=O)(=O)c2ccc3c(c2)c2ccccc2n3C)c(OC)n1. The minimum atomic E-state index is -3.92. The Morgan fingerprint density at radius 2 is 1.75 bits per heavy atom. The Labute approximate surface area is 192 Å². The molecule has 0 aliphatic heterocycles. The van der Waals surface area contributed by atoms with Crippen molar-refractivity contribution in [3.05, 3.63) is 54.6 Å². The fraction of sp³-hybridized carbons (Fsp3) is 0.261. The molecule has 168 valence electrons. The zero-order valence-corrected chi connectivity index (χ0v) is 19.7. The molecule has 4 rings (SSSR count). The minimum absolute atomic E-state index is 0.161. The van der Waals surface area contributed by atoms with E-state index in [1.807, 2.05) is 37.4 Å². The Balaban J connectivity index is 1.88. The number of benzene rings is 2. The third-order valence-corrected chi connectivity index (χ3v) is 7.53. The lowest BCUT2D eigenvalue weighted by Crippen LogP contribution is -2.32. The molecule has 7 nitrogen and oxygen atoms in total. The second-order valence-electron chi connectivity index (χ2n) is 7.26. The van der Waals surface area contributed by atoms with Gasteiger partial charge in [0, 0.05) is 47.3 Å². The van der Waals surface area contributed by atoms with Crippen LogP contribution in [0.2, 0.25) is 0 Å². The summed E-state index contributed by atoms with van der Waals surface area (Å²) in [5.74, 6) is 0.812. The van der Waals surface area contributed by atoms with E-state index in [1.54, 1.807) is 24.3 Å². The number of ether oxygens (including phenoxy) is 2. The molecular weight excluding hydrogens is 450 g/mol. The highest BCUT2D eigenvalue weighted by Crippen LogP contribution is 2.35. The summed E-state index contributed by atoms with van der Waals surface area (Å²) < 4.78 is 41.5. The number of rotatable bonds is 8. The number of aromatic nitrogens is 2. The number of nitrogens with zero attached hydrogens (tertiary/aromatic N) is 3. The lowest BCUT2D eigenvalue weighted by Gasteiger charge is -2.25. The number of aryl methyl sites for hydroxylation is 1. The average molecular weight is 474 g/mol. The number of methoxy groups -OCH3 is 2. The summed E-state index contributed by atoms with van der Waals surface area (Å²) >= 11 is 5.91. The van der Waals surface area contributed by atoms with E-state index in [0.29, 0.717) is 23.9 Å². The van der Waals surface area contributed by atoms with Gasteiger partial charge in [-0.3, -0.25) is 4.31 Å². The molecule has 2 aromatic carbocycles. The first-order valence-corrected chi connectivity index (χ1v) is 12.0. The normalized spacial score (nSPS) is 11.8. The summed E-state index contributed by atoms with van der Waals surface area (Å²) in [6.07, 6.45) is 0.465. The maximum absolute atomic E-state index is 13.8. The number of halogens is 1. The van der Waals surface area contributed by atoms with E-state index in [1.165, 1.54) is 18.5 Å². The Morgan fingerprint density at radius 1 is 1.00 bits per heavy atom. The van der Waals surface area contributed by atoms with Gasteiger partial charge in [-0.2, -0.15) is 4.98 Å². The molecule has 0 amide bonds. The van der Waals surface area contributed by atoms with E-state index < -0.39 is 10.0 Å². The summed E-state index contributed by atoms with van der Waals surface area (Å²) in [5.41, 5.74) is 2.33. The lowest BCUT2D eigenvalue weighted by molar-refractivity contribution is 0.365. The van der Waals surface area contributed by atoms with Crippen molar-refractivity contribution >= 4 is 49.1 Å². The van der Waals surface area contributed by atoms with Gasteiger partial charge < -0.3 is 14.0 Å². The zero-order chi connectivity index (χ0) is 22.9. The quantitative estimate of drug-likeness (QED) is 0.350. The Kier molecular flexibility index (Phi) is 6.17. The second kappa shape index (κ2) is 8.88. The van der Waals surface area contributed by atoms with Crippen LogP contribution < -0.4 is 13.8 Å². The number of anilines is 1. The molecule has 4 aromatic rings. The van der Waals surface area contributed by atoms with Crippen molar-refractivity contribution in [2.24, 2.45) is 7.05 Å². The van der Waals surface area contributed by atoms with Gasteiger partial charge in [0.2, 0.25) is 11.8 Å². The lowest BCUT2D eigenvalue weighted by atomic mass is 10.1. The highest BCUT2D eigenvalue weighted by Gasteiger charge is 2.28. The molecule has 9 heteroatoms. The van der Waals surface area contributed by atoms with Gasteiger partial charge >= 0.3 is 0 Å². The predicted octanol–water partition coefficient (Wildman–Crippen LogP) is 4.57. The van der Waals surface area contributed by atoms with Crippen molar-refractivity contribution in [2.45, 2.75) is 11.3 Å². The largest absolute Gasteiger partial charge is 0.481 e. The van der Waals surface area contributed by atoms with E-state index >= 15 is 0 Å². The molecule has 0 saturated heterocycles. The van der Waals surface area contributed by atoms with Crippen LogP contribution >= 0.6 is 11.6 Å². The number of hydrogen-bond donors (Lipinski definition) is 0. The minimum Gasteiger partial charge on any atom is -0.481 e. The molecular formula is C23H24ClN3O4S. The molecule has 0 unspecified atom stereocenters. The Hall–Kier alpha value is -2.97. The van der Waals surface area contributed by atoms with Crippen molar-refractivity contribution in [1.29, 1.82) is 0 Å². The van der Waals surface area contributed by atoms with Crippen molar-refractivity contribution in [3.8, 4) is 11.8 Å². The number of sulfonamides is 1. The van der Waals surface area contributed by atoms with Crippen molar-refractivity contribution in [3.63, 3.8) is 0 Å². The van der Waals surface area contributed by atoms with E-state index in [-0.39, 0.29) is 17.3 Å². The van der Waals surface area contributed by atoms with Crippen LogP contribution in [-0.4, -0.2) is 44.6 Å². The van der Waals surface area contributed by atoms with Crippen molar-refractivity contribution in [2.75, 3.05) is 30.9 Å². The number of para-hydroxylation sites is 1. The first kappa shape index (κ1) is 22.2. The van der Waals surface area contributed by atoms with Crippen LogP contribution in [-0.2, 0) is 17.1 Å². The third kappa shape index (κ3) is 3.73. The summed E-state index contributed by atoms with van der Waals surface area (Å²) in [4.78, 5) is 4.44. The fourth-order valence-electron chi connectivity index (χ4n) is 3.88. The van der Waals surface area contributed by atoms with E-state index in [9.17, 15) is 8.42 Å². The molecule has 0 atom stereocenters. The smallest absolute Gasteiger partial charge is 0.264 e. The molecule has 0 fully saturated rings. The highest BCUT2D eigenvalue weighted by molar-refractivity contribution is 7.92. The monoisotopic (exact) mass is 473 g/mol. The van der Waals surface area contributed by atoms with Gasteiger partial charge in [-0.1, -0.05) is 18.2 Å². The molecule has 0 aliphatic carbocycles. The summed E-state index contributed by atoms with van der Waals surface area (Å²) in [6.45, 7) is 0.184. The van der Waals surface area contributed by atoms with Crippen LogP contribution in [0.15, 0.2) is 59.5 Å². The highest BCUT2D eigenvalue weighted by atomic mass is 35.5. The van der Waals surface area contributed by atoms with Gasteiger partial charge in [-0.25, -0.2) is 8.42 Å². The molecule has 2 heterocycles. The van der Waals surface area contributed by atoms with Crippen LogP contribution in [0.3, 0.4) is 0 Å². The van der Waals surface area contributed by atoms with Gasteiger partial charge in [-0.05, 0) is 36.8 Å². The van der Waals surface area contributed by atoms with Gasteiger partial charge in [0.1, 0.15) is 5.69 Å². The maximum Gasteiger partial charge on any atom is 0.264 e. The third-order valence-electron chi connectivity index (χ3n) is 5.45. The van der Waals surface area contributed by atoms with Crippen LogP contribution in [0.4, 0.5) is 5.69 Å². The average Bonchev–Trinajstić information content (AvgIpc) is 3.11. The van der Waals surface area contributed by atoms with Gasteiger partial charge in [0.15, 0.2) is 0 Å². The molecule has 0 bridgehead atoms. The standard InChI is InChI=1S/C23H24ClN3O4S/c1-26-19-8-5-4-7-17(19)18-15-16(9-10-20(18)26)32(28,29)27(14-6-13-24)21-11-12-22(30-2)25-23(21)31-3/h4-5,7-12,15H,6,13-14H2,1-3H3. The number of pyridine rings is 1. The van der Waals surface area contributed by atoms with E-state index in [2.05, 4.69) is 9.55 Å². The number of alkyl halides is 1. The summed E-state index contributed by atoms with van der Waals surface area (Å²) in [5, 5.41) is 1.87. The van der Waals surface area contributed by atoms with Crippen LogP contribution in [0.5, 0.6) is 11.8 Å². The predicted molar refractivity (Wildman–Crippen MR) is 128 cm³/mol. The molecule has 0 spiro atoms. The topological polar surface area (TPSA) is 73.7 Å². The van der Waals surface area contributed by atoms with Crippen LogP contribution in [0, 0.1) is 0 Å². The zero-order valence-electron chi connectivity index (χ0n) is 18.1. The first-order valence-electron chi connectivity index (χ1n) is 10.1. The number of fused-ring (bicyclic) bond motifs is 3.